The smallest absolute Gasteiger partial charge is 0.241 e. The number of likely N-dealkylation sites (tertiary alicyclic amines) is 1. The molecule has 0 bridgehead atoms. The van der Waals surface area contributed by atoms with Gasteiger partial charge in [0.1, 0.15) is 0 Å². The highest BCUT2D eigenvalue weighted by Crippen LogP contribution is 2.11. The Morgan fingerprint density at radius 2 is 2.17 bits per heavy atom. The van der Waals surface area contributed by atoms with Gasteiger partial charge < -0.3 is 15.0 Å². The highest BCUT2D eigenvalue weighted by Gasteiger charge is 2.17. The van der Waals surface area contributed by atoms with Crippen LogP contribution in [0.2, 0.25) is 0 Å². The topological polar surface area (TPSA) is 67.3 Å². The molecule has 2 rings (SSSR count). The maximum absolute atomic E-state index is 11.8. The summed E-state index contributed by atoms with van der Waals surface area (Å²) in [7, 11) is 1.56. The van der Waals surface area contributed by atoms with Crippen molar-refractivity contribution in [1.29, 1.82) is 0 Å². The fraction of sp³-hybridized carbons (Fsp3) is 0.583. The van der Waals surface area contributed by atoms with Crippen LogP contribution in [0.25, 0.3) is 0 Å². The lowest BCUT2D eigenvalue weighted by Gasteiger charge is -2.15. The number of amides is 1. The minimum absolute atomic E-state index is 0.0940. The van der Waals surface area contributed by atoms with Crippen LogP contribution >= 0.6 is 0 Å². The molecular formula is C12H18N4O2. The zero-order valence-corrected chi connectivity index (χ0v) is 10.8. The molecule has 1 aliphatic rings. The van der Waals surface area contributed by atoms with Crippen LogP contribution in [-0.2, 0) is 4.79 Å². The van der Waals surface area contributed by atoms with Crippen molar-refractivity contribution in [2.75, 3.05) is 32.1 Å². The van der Waals surface area contributed by atoms with Crippen molar-refractivity contribution in [3.63, 3.8) is 0 Å². The first kappa shape index (κ1) is 12.6. The predicted molar refractivity (Wildman–Crippen MR) is 67.6 cm³/mol. The van der Waals surface area contributed by atoms with Gasteiger partial charge in [0.2, 0.25) is 17.7 Å². The van der Waals surface area contributed by atoms with Crippen LogP contribution in [0.5, 0.6) is 5.88 Å². The quantitative estimate of drug-likeness (QED) is 0.857. The molecule has 1 amide bonds. The number of carbonyl (C=O) groups is 1. The molecule has 1 saturated heterocycles. The molecule has 6 heteroatoms. The molecule has 0 spiro atoms. The van der Waals surface area contributed by atoms with Crippen LogP contribution in [0.4, 0.5) is 5.95 Å². The third-order valence-electron chi connectivity index (χ3n) is 2.90. The lowest BCUT2D eigenvalue weighted by Crippen LogP contribution is -2.33. The van der Waals surface area contributed by atoms with E-state index < -0.39 is 0 Å². The Kier molecular flexibility index (Phi) is 3.96. The summed E-state index contributed by atoms with van der Waals surface area (Å²) in [4.78, 5) is 22.0. The number of aromatic nitrogens is 2. The normalized spacial score (nSPS) is 14.7. The van der Waals surface area contributed by atoms with Gasteiger partial charge in [0.15, 0.2) is 0 Å². The summed E-state index contributed by atoms with van der Waals surface area (Å²) in [6.45, 7) is 3.81. The second-order valence-corrected chi connectivity index (χ2v) is 4.32. The number of ether oxygens (including phenoxy) is 1. The van der Waals surface area contributed by atoms with E-state index in [9.17, 15) is 4.79 Å². The van der Waals surface area contributed by atoms with Crippen molar-refractivity contribution in [3.05, 3.63) is 11.8 Å². The number of carbonyl (C=O) groups excluding carboxylic acids is 1. The van der Waals surface area contributed by atoms with E-state index in [1.807, 2.05) is 11.8 Å². The third kappa shape index (κ3) is 3.09. The maximum atomic E-state index is 11.8. The standard InChI is InChI=1S/C12H18N4O2/c1-9-7-10(18-2)15-12(14-9)13-8-11(17)16-5-3-4-6-16/h7H,3-6,8H2,1-2H3,(H,13,14,15). The molecule has 1 aromatic rings. The van der Waals surface area contributed by atoms with Gasteiger partial charge in [-0.1, -0.05) is 0 Å². The monoisotopic (exact) mass is 250 g/mol. The summed E-state index contributed by atoms with van der Waals surface area (Å²) in [5.74, 6) is 1.02. The number of rotatable bonds is 4. The van der Waals surface area contributed by atoms with Gasteiger partial charge in [-0.15, -0.1) is 0 Å². The van der Waals surface area contributed by atoms with Crippen LogP contribution in [0, 0.1) is 6.92 Å². The molecular weight excluding hydrogens is 232 g/mol. The number of aryl methyl sites for hydroxylation is 1. The molecule has 0 unspecified atom stereocenters. The average Bonchev–Trinajstić information content (AvgIpc) is 2.89. The zero-order valence-electron chi connectivity index (χ0n) is 10.8. The maximum Gasteiger partial charge on any atom is 0.241 e. The van der Waals surface area contributed by atoms with Crippen molar-refractivity contribution in [2.24, 2.45) is 0 Å². The number of nitrogens with zero attached hydrogens (tertiary/aromatic N) is 3. The van der Waals surface area contributed by atoms with E-state index in [1.165, 1.54) is 0 Å². The summed E-state index contributed by atoms with van der Waals surface area (Å²) in [5, 5.41) is 2.94. The molecule has 6 nitrogen and oxygen atoms in total. The molecule has 1 aliphatic heterocycles. The van der Waals surface area contributed by atoms with Crippen molar-refractivity contribution >= 4 is 11.9 Å². The van der Waals surface area contributed by atoms with Gasteiger partial charge >= 0.3 is 0 Å². The van der Waals surface area contributed by atoms with Gasteiger partial charge in [0, 0.05) is 24.8 Å². The minimum atomic E-state index is 0.0940. The van der Waals surface area contributed by atoms with Gasteiger partial charge in [-0.25, -0.2) is 4.98 Å². The second kappa shape index (κ2) is 5.66. The fourth-order valence-corrected chi connectivity index (χ4v) is 1.96. The number of nitrogens with one attached hydrogen (secondary N) is 1. The highest BCUT2D eigenvalue weighted by molar-refractivity contribution is 5.80. The number of anilines is 1. The number of methoxy groups -OCH3 is 1. The van der Waals surface area contributed by atoms with Gasteiger partial charge in [0.25, 0.3) is 0 Å². The Morgan fingerprint density at radius 3 is 2.83 bits per heavy atom. The number of hydrogen-bond acceptors (Lipinski definition) is 5. The molecule has 2 heterocycles. The van der Waals surface area contributed by atoms with E-state index in [4.69, 9.17) is 4.74 Å². The summed E-state index contributed by atoms with van der Waals surface area (Å²) < 4.78 is 5.06. The lowest BCUT2D eigenvalue weighted by atomic mass is 10.4. The first-order chi connectivity index (χ1) is 8.69. The highest BCUT2D eigenvalue weighted by atomic mass is 16.5. The number of hydrogen-bond donors (Lipinski definition) is 1. The van der Waals surface area contributed by atoms with Crippen LogP contribution in [-0.4, -0.2) is 47.5 Å². The van der Waals surface area contributed by atoms with E-state index in [1.54, 1.807) is 13.2 Å². The Hall–Kier alpha value is -1.85. The molecule has 1 aromatic heterocycles. The molecule has 98 valence electrons. The van der Waals surface area contributed by atoms with Crippen LogP contribution in [0.3, 0.4) is 0 Å². The van der Waals surface area contributed by atoms with Gasteiger partial charge in [-0.3, -0.25) is 4.79 Å². The van der Waals surface area contributed by atoms with Crippen LogP contribution in [0.1, 0.15) is 18.5 Å². The second-order valence-electron chi connectivity index (χ2n) is 4.32. The average molecular weight is 250 g/mol. The van der Waals surface area contributed by atoms with Crippen molar-refractivity contribution in [2.45, 2.75) is 19.8 Å². The molecule has 0 aromatic carbocycles. The minimum Gasteiger partial charge on any atom is -0.481 e. The molecule has 1 N–H and O–H groups in total. The molecule has 0 aliphatic carbocycles. The third-order valence-corrected chi connectivity index (χ3v) is 2.90. The van der Waals surface area contributed by atoms with Gasteiger partial charge in [0.05, 0.1) is 13.7 Å². The molecule has 0 radical (unpaired) electrons. The van der Waals surface area contributed by atoms with Crippen LogP contribution in [0.15, 0.2) is 6.07 Å². The van der Waals surface area contributed by atoms with Crippen molar-refractivity contribution in [3.8, 4) is 5.88 Å². The Bertz CT molecular complexity index is 430. The van der Waals surface area contributed by atoms with Crippen LogP contribution < -0.4 is 10.1 Å². The Balaban J connectivity index is 1.92. The lowest BCUT2D eigenvalue weighted by molar-refractivity contribution is -0.128. The predicted octanol–water partition coefficient (Wildman–Crippen LogP) is 0.828. The summed E-state index contributed by atoms with van der Waals surface area (Å²) in [6, 6.07) is 1.74. The summed E-state index contributed by atoms with van der Waals surface area (Å²) in [5.41, 5.74) is 0.804. The van der Waals surface area contributed by atoms with Crippen molar-refractivity contribution in [1.82, 2.24) is 14.9 Å². The molecule has 0 saturated carbocycles. The Morgan fingerprint density at radius 1 is 1.44 bits per heavy atom. The van der Waals surface area contributed by atoms with E-state index in [2.05, 4.69) is 15.3 Å². The molecule has 18 heavy (non-hydrogen) atoms. The molecule has 0 atom stereocenters. The summed E-state index contributed by atoms with van der Waals surface area (Å²) in [6.07, 6.45) is 2.20. The first-order valence-corrected chi connectivity index (χ1v) is 6.10. The van der Waals surface area contributed by atoms with E-state index in [0.29, 0.717) is 11.8 Å². The van der Waals surface area contributed by atoms with Gasteiger partial charge in [-0.05, 0) is 19.8 Å². The SMILES string of the molecule is COc1cc(C)nc(NCC(=O)N2CCCC2)n1. The first-order valence-electron chi connectivity index (χ1n) is 6.10. The zero-order chi connectivity index (χ0) is 13.0. The van der Waals surface area contributed by atoms with E-state index in [0.717, 1.165) is 31.6 Å². The Labute approximate surface area is 106 Å². The largest absolute Gasteiger partial charge is 0.481 e. The summed E-state index contributed by atoms with van der Waals surface area (Å²) >= 11 is 0. The van der Waals surface area contributed by atoms with E-state index >= 15 is 0 Å². The van der Waals surface area contributed by atoms with Crippen molar-refractivity contribution < 1.29 is 9.53 Å². The molecule has 1 fully saturated rings. The van der Waals surface area contributed by atoms with Gasteiger partial charge in [-0.2, -0.15) is 4.98 Å². The fourth-order valence-electron chi connectivity index (χ4n) is 1.96. The van der Waals surface area contributed by atoms with E-state index in [-0.39, 0.29) is 12.5 Å².